The molecule has 0 aromatic carbocycles. The monoisotopic (exact) mass is 309 g/mol. The molecule has 116 valence electrons. The van der Waals surface area contributed by atoms with Crippen LogP contribution >= 0.6 is 11.3 Å². The summed E-state index contributed by atoms with van der Waals surface area (Å²) >= 11 is 1.37. The fraction of sp³-hybridized carbons (Fsp3) is 0.714. The Kier molecular flexibility index (Phi) is 3.79. The average molecular weight is 309 g/mol. The predicted molar refractivity (Wildman–Crippen MR) is 85.6 cm³/mol. The molecule has 2 fully saturated rings. The number of nitrogen functional groups attached to an aromatic ring is 1. The van der Waals surface area contributed by atoms with Crippen molar-refractivity contribution in [1.82, 2.24) is 10.3 Å². The van der Waals surface area contributed by atoms with E-state index in [2.05, 4.69) is 22.1 Å². The molecule has 6 nitrogen and oxygen atoms in total. The first-order valence-electron chi connectivity index (χ1n) is 7.52. The van der Waals surface area contributed by atoms with Crippen molar-refractivity contribution >= 4 is 28.2 Å². The predicted octanol–water partition coefficient (Wildman–Crippen LogP) is 1.18. The highest BCUT2D eigenvalue weighted by Gasteiger charge is 2.32. The molecule has 1 aromatic heterocycles. The van der Waals surface area contributed by atoms with Crippen molar-refractivity contribution < 1.29 is 4.79 Å². The summed E-state index contributed by atoms with van der Waals surface area (Å²) in [6.07, 6.45) is 4.58. The Morgan fingerprint density at radius 2 is 2.33 bits per heavy atom. The number of carbonyl (C=O) groups excluding carboxylic acids is 1. The number of carbonyl (C=O) groups is 1. The first-order valence-corrected chi connectivity index (χ1v) is 8.33. The zero-order chi connectivity index (χ0) is 15.0. The summed E-state index contributed by atoms with van der Waals surface area (Å²) in [4.78, 5) is 19.2. The van der Waals surface area contributed by atoms with E-state index in [1.807, 2.05) is 0 Å². The third-order valence-corrected chi connectivity index (χ3v) is 5.71. The van der Waals surface area contributed by atoms with Gasteiger partial charge in [0.1, 0.15) is 10.7 Å². The van der Waals surface area contributed by atoms with Crippen molar-refractivity contribution in [2.24, 2.45) is 11.1 Å². The number of nitrogens with zero attached hydrogens (tertiary/aromatic N) is 2. The Morgan fingerprint density at radius 1 is 1.57 bits per heavy atom. The van der Waals surface area contributed by atoms with Crippen molar-refractivity contribution in [2.75, 3.05) is 30.3 Å². The molecule has 1 atom stereocenters. The van der Waals surface area contributed by atoms with Crippen LogP contribution in [0.1, 0.15) is 42.3 Å². The molecule has 1 aliphatic heterocycles. The molecule has 1 aliphatic carbocycles. The lowest BCUT2D eigenvalue weighted by Gasteiger charge is -2.38. The van der Waals surface area contributed by atoms with Gasteiger partial charge in [0.15, 0.2) is 5.13 Å². The van der Waals surface area contributed by atoms with Crippen LogP contribution in [0.3, 0.4) is 0 Å². The molecule has 7 heteroatoms. The molecule has 1 amide bonds. The van der Waals surface area contributed by atoms with Gasteiger partial charge in [-0.1, -0.05) is 24.7 Å². The summed E-state index contributed by atoms with van der Waals surface area (Å²) in [6, 6.07) is 0.186. The van der Waals surface area contributed by atoms with Crippen LogP contribution in [0.15, 0.2) is 0 Å². The third kappa shape index (κ3) is 2.98. The van der Waals surface area contributed by atoms with Gasteiger partial charge in [0.05, 0.1) is 0 Å². The number of rotatable bonds is 4. The molecule has 5 N–H and O–H groups in total. The lowest BCUT2D eigenvalue weighted by Crippen LogP contribution is -2.39. The Balaban J connectivity index is 1.64. The van der Waals surface area contributed by atoms with E-state index in [1.54, 1.807) is 0 Å². The van der Waals surface area contributed by atoms with Gasteiger partial charge in [0.2, 0.25) is 0 Å². The van der Waals surface area contributed by atoms with Crippen LogP contribution in [-0.2, 0) is 0 Å². The maximum absolute atomic E-state index is 12.3. The number of aromatic nitrogens is 1. The number of nitrogens with one attached hydrogen (secondary N) is 1. The minimum absolute atomic E-state index is 0.104. The maximum Gasteiger partial charge on any atom is 0.265 e. The van der Waals surface area contributed by atoms with Crippen LogP contribution in [0.2, 0.25) is 0 Å². The molecule has 2 aliphatic rings. The summed E-state index contributed by atoms with van der Waals surface area (Å²) in [5.41, 5.74) is 12.1. The van der Waals surface area contributed by atoms with Crippen molar-refractivity contribution in [3.63, 3.8) is 0 Å². The van der Waals surface area contributed by atoms with Gasteiger partial charge in [0.25, 0.3) is 5.91 Å². The van der Waals surface area contributed by atoms with E-state index in [0.29, 0.717) is 17.2 Å². The van der Waals surface area contributed by atoms with Crippen molar-refractivity contribution in [2.45, 2.75) is 38.6 Å². The first-order chi connectivity index (χ1) is 9.97. The average Bonchev–Trinajstić information content (AvgIpc) is 3.00. The normalized spacial score (nSPS) is 23.9. The molecule has 1 aromatic rings. The number of hydrogen-bond acceptors (Lipinski definition) is 6. The molecular weight excluding hydrogens is 286 g/mol. The number of amides is 1. The van der Waals surface area contributed by atoms with E-state index >= 15 is 0 Å². The zero-order valence-electron chi connectivity index (χ0n) is 12.4. The van der Waals surface area contributed by atoms with Crippen LogP contribution < -0.4 is 21.7 Å². The summed E-state index contributed by atoms with van der Waals surface area (Å²) in [5.74, 6) is 0.222. The lowest BCUT2D eigenvalue weighted by molar-refractivity contribution is 0.0895. The molecule has 2 heterocycles. The Bertz CT molecular complexity index is 539. The summed E-state index contributed by atoms with van der Waals surface area (Å²) in [7, 11) is 0. The van der Waals surface area contributed by atoms with Gasteiger partial charge in [-0.2, -0.15) is 0 Å². The molecule has 1 saturated carbocycles. The molecular formula is C14H23N5OS. The van der Waals surface area contributed by atoms with Crippen molar-refractivity contribution in [3.05, 3.63) is 4.88 Å². The quantitative estimate of drug-likeness (QED) is 0.776. The minimum Gasteiger partial charge on any atom is -0.382 e. The van der Waals surface area contributed by atoms with Gasteiger partial charge in [-0.05, 0) is 24.7 Å². The Morgan fingerprint density at radius 3 is 2.90 bits per heavy atom. The maximum atomic E-state index is 12.3. The van der Waals surface area contributed by atoms with Crippen molar-refractivity contribution in [3.8, 4) is 0 Å². The fourth-order valence-corrected chi connectivity index (χ4v) is 3.85. The molecule has 0 spiro atoms. The van der Waals surface area contributed by atoms with Gasteiger partial charge < -0.3 is 21.7 Å². The second-order valence-corrected chi connectivity index (χ2v) is 7.53. The Labute approximate surface area is 128 Å². The summed E-state index contributed by atoms with van der Waals surface area (Å²) < 4.78 is 0. The van der Waals surface area contributed by atoms with E-state index in [0.717, 1.165) is 24.6 Å². The van der Waals surface area contributed by atoms with E-state index in [1.165, 1.54) is 30.6 Å². The van der Waals surface area contributed by atoms with Crippen LogP contribution in [0.4, 0.5) is 10.9 Å². The van der Waals surface area contributed by atoms with Gasteiger partial charge in [-0.3, -0.25) is 4.79 Å². The van der Waals surface area contributed by atoms with Gasteiger partial charge in [0, 0.05) is 25.7 Å². The van der Waals surface area contributed by atoms with Gasteiger partial charge in [-0.25, -0.2) is 4.98 Å². The van der Waals surface area contributed by atoms with Crippen LogP contribution in [-0.4, -0.2) is 36.6 Å². The Hall–Kier alpha value is -1.34. The molecule has 0 bridgehead atoms. The standard InChI is InChI=1S/C14H23N5OS/c1-14(4-2-5-14)8-17-12(20)10-11(16)18-13(21-10)19-6-3-9(15)7-19/h9H,2-8,15-16H2,1H3,(H,17,20). The number of nitrogens with two attached hydrogens (primary N) is 2. The van der Waals surface area contributed by atoms with Crippen LogP contribution in [0.25, 0.3) is 0 Å². The summed E-state index contributed by atoms with van der Waals surface area (Å²) in [6.45, 7) is 4.59. The van der Waals surface area contributed by atoms with Crippen LogP contribution in [0.5, 0.6) is 0 Å². The summed E-state index contributed by atoms with van der Waals surface area (Å²) in [5, 5.41) is 3.81. The van der Waals surface area contributed by atoms with E-state index in [4.69, 9.17) is 11.5 Å². The zero-order valence-corrected chi connectivity index (χ0v) is 13.2. The number of anilines is 2. The molecule has 3 rings (SSSR count). The number of thiazole rings is 1. The molecule has 21 heavy (non-hydrogen) atoms. The second-order valence-electron chi connectivity index (χ2n) is 6.55. The highest BCUT2D eigenvalue weighted by Crippen LogP contribution is 2.39. The molecule has 1 unspecified atom stereocenters. The molecule has 0 radical (unpaired) electrons. The largest absolute Gasteiger partial charge is 0.382 e. The van der Waals surface area contributed by atoms with E-state index in [9.17, 15) is 4.79 Å². The smallest absolute Gasteiger partial charge is 0.265 e. The van der Waals surface area contributed by atoms with E-state index in [-0.39, 0.29) is 17.4 Å². The minimum atomic E-state index is -0.104. The first kappa shape index (κ1) is 14.6. The highest BCUT2D eigenvalue weighted by molar-refractivity contribution is 7.18. The third-order valence-electron chi connectivity index (χ3n) is 4.58. The fourth-order valence-electron chi connectivity index (χ4n) is 2.91. The molecule has 1 saturated heterocycles. The highest BCUT2D eigenvalue weighted by atomic mass is 32.1. The number of hydrogen-bond donors (Lipinski definition) is 3. The van der Waals surface area contributed by atoms with Crippen LogP contribution in [0, 0.1) is 5.41 Å². The SMILES string of the molecule is CC1(CNC(=O)c2sc(N3CCC(N)C3)nc2N)CCC1. The topological polar surface area (TPSA) is 97.3 Å². The second kappa shape index (κ2) is 5.46. The van der Waals surface area contributed by atoms with Gasteiger partial charge in [-0.15, -0.1) is 0 Å². The van der Waals surface area contributed by atoms with E-state index < -0.39 is 0 Å². The lowest BCUT2D eigenvalue weighted by atomic mass is 9.70. The van der Waals surface area contributed by atoms with Crippen molar-refractivity contribution in [1.29, 1.82) is 0 Å². The van der Waals surface area contributed by atoms with Gasteiger partial charge >= 0.3 is 0 Å².